The van der Waals surface area contributed by atoms with E-state index in [2.05, 4.69) is 40.2 Å². The number of piperidine rings is 1. The average molecular weight is 542 g/mol. The number of nitriles is 1. The maximum atomic E-state index is 12.0. The van der Waals surface area contributed by atoms with E-state index in [0.29, 0.717) is 43.7 Å². The van der Waals surface area contributed by atoms with Gasteiger partial charge in [-0.2, -0.15) is 5.26 Å². The Labute approximate surface area is 235 Å². The number of aliphatic hydroxyl groups excluding tert-OH is 1. The Hall–Kier alpha value is -3.84. The van der Waals surface area contributed by atoms with Crippen molar-refractivity contribution >= 4 is 5.91 Å². The Kier molecular flexibility index (Phi) is 9.01. The summed E-state index contributed by atoms with van der Waals surface area (Å²) in [5.74, 6) is 0.985. The molecule has 2 fully saturated rings. The monoisotopic (exact) mass is 541 g/mol. The van der Waals surface area contributed by atoms with Gasteiger partial charge in [0.25, 0.3) is 5.91 Å². The van der Waals surface area contributed by atoms with Gasteiger partial charge in [0, 0.05) is 63.7 Å². The Morgan fingerprint density at radius 1 is 1.10 bits per heavy atom. The quantitative estimate of drug-likeness (QED) is 0.463. The highest BCUT2D eigenvalue weighted by atomic mass is 16.5. The predicted octanol–water partition coefficient (Wildman–Crippen LogP) is 3.19. The fourth-order valence-electron chi connectivity index (χ4n) is 5.12. The molecule has 1 atom stereocenters. The van der Waals surface area contributed by atoms with E-state index in [1.54, 1.807) is 17.2 Å². The number of rotatable bonds is 8. The highest BCUT2D eigenvalue weighted by molar-refractivity contribution is 5.80. The molecule has 9 nitrogen and oxygen atoms in total. The Balaban J connectivity index is 1.21. The van der Waals surface area contributed by atoms with Gasteiger partial charge in [-0.1, -0.05) is 24.3 Å². The number of likely N-dealkylation sites (tertiary alicyclic amines) is 1. The fourth-order valence-corrected chi connectivity index (χ4v) is 5.12. The molecule has 0 saturated carbocycles. The fraction of sp³-hybridized carbons (Fsp3) is 0.419. The van der Waals surface area contributed by atoms with Crippen molar-refractivity contribution in [3.05, 3.63) is 77.2 Å². The lowest BCUT2D eigenvalue weighted by Gasteiger charge is -2.33. The topological polar surface area (TPSA) is 112 Å². The van der Waals surface area contributed by atoms with Gasteiger partial charge in [0.1, 0.15) is 29.9 Å². The normalized spacial score (nSPS) is 17.3. The lowest BCUT2D eigenvalue weighted by Crippen LogP contribution is -2.45. The molecule has 208 valence electrons. The van der Waals surface area contributed by atoms with E-state index in [-0.39, 0.29) is 12.0 Å². The van der Waals surface area contributed by atoms with Crippen molar-refractivity contribution < 1.29 is 19.4 Å². The van der Waals surface area contributed by atoms with Gasteiger partial charge in [0.05, 0.1) is 24.5 Å². The summed E-state index contributed by atoms with van der Waals surface area (Å²) in [5.41, 5.74) is 4.44. The molecule has 0 radical (unpaired) electrons. The summed E-state index contributed by atoms with van der Waals surface area (Å²) < 4.78 is 11.6. The Morgan fingerprint density at radius 3 is 2.52 bits per heavy atom. The van der Waals surface area contributed by atoms with E-state index < -0.39 is 6.10 Å². The first-order valence-electron chi connectivity index (χ1n) is 13.9. The number of nitrogens with zero attached hydrogens (tertiary/aromatic N) is 5. The van der Waals surface area contributed by atoms with Crippen LogP contribution in [0.15, 0.2) is 54.7 Å². The van der Waals surface area contributed by atoms with Crippen LogP contribution in [0, 0.1) is 11.3 Å². The number of ether oxygens (including phenoxy) is 2. The van der Waals surface area contributed by atoms with E-state index in [1.165, 1.54) is 12.5 Å². The molecule has 1 aromatic heterocycles. The molecule has 2 aliphatic heterocycles. The SMILES string of the molecule is C[C@H](O)C(=O)N1CCC(Oc2ccc(-c3ccnc(Cc4ccc(CN5CCOCC5)cc4)n3)cc2C#N)CC1. The number of aromatic nitrogens is 2. The molecule has 2 aromatic carbocycles. The molecule has 3 heterocycles. The molecule has 0 unspecified atom stereocenters. The van der Waals surface area contributed by atoms with Crippen molar-refractivity contribution in [3.8, 4) is 23.1 Å². The van der Waals surface area contributed by atoms with Crippen molar-refractivity contribution in [2.45, 2.75) is 44.9 Å². The van der Waals surface area contributed by atoms with Gasteiger partial charge in [-0.15, -0.1) is 0 Å². The summed E-state index contributed by atoms with van der Waals surface area (Å²) in [4.78, 5) is 25.3. The minimum Gasteiger partial charge on any atom is -0.489 e. The van der Waals surface area contributed by atoms with Crippen molar-refractivity contribution in [1.29, 1.82) is 5.26 Å². The molecular formula is C31H35N5O4. The van der Waals surface area contributed by atoms with E-state index in [4.69, 9.17) is 14.5 Å². The number of aliphatic hydroxyl groups is 1. The van der Waals surface area contributed by atoms with Gasteiger partial charge in [0.15, 0.2) is 0 Å². The first-order valence-corrected chi connectivity index (χ1v) is 13.9. The van der Waals surface area contributed by atoms with E-state index >= 15 is 0 Å². The van der Waals surface area contributed by atoms with Crippen LogP contribution in [0.5, 0.6) is 5.75 Å². The number of amides is 1. The van der Waals surface area contributed by atoms with Gasteiger partial charge in [-0.05, 0) is 42.3 Å². The van der Waals surface area contributed by atoms with Crippen LogP contribution in [-0.2, 0) is 22.5 Å². The third kappa shape index (κ3) is 7.02. The van der Waals surface area contributed by atoms with Crippen molar-refractivity contribution in [3.63, 3.8) is 0 Å². The number of morpholine rings is 1. The molecule has 0 bridgehead atoms. The van der Waals surface area contributed by atoms with Gasteiger partial charge < -0.3 is 19.5 Å². The van der Waals surface area contributed by atoms with E-state index in [9.17, 15) is 15.2 Å². The van der Waals surface area contributed by atoms with E-state index in [1.807, 2.05) is 18.2 Å². The number of carbonyl (C=O) groups excluding carboxylic acids is 1. The molecule has 1 amide bonds. The summed E-state index contributed by atoms with van der Waals surface area (Å²) >= 11 is 0. The third-order valence-corrected chi connectivity index (χ3v) is 7.40. The molecule has 5 rings (SSSR count). The van der Waals surface area contributed by atoms with Crippen LogP contribution in [0.3, 0.4) is 0 Å². The Morgan fingerprint density at radius 2 is 1.82 bits per heavy atom. The average Bonchev–Trinajstić information content (AvgIpc) is 2.99. The molecule has 40 heavy (non-hydrogen) atoms. The second-order valence-corrected chi connectivity index (χ2v) is 10.4. The zero-order chi connectivity index (χ0) is 27.9. The number of hydrogen-bond acceptors (Lipinski definition) is 8. The molecule has 0 spiro atoms. The molecular weight excluding hydrogens is 506 g/mol. The number of hydrogen-bond donors (Lipinski definition) is 1. The summed E-state index contributed by atoms with van der Waals surface area (Å²) in [6.07, 6.45) is 2.58. The van der Waals surface area contributed by atoms with Crippen LogP contribution in [0.4, 0.5) is 0 Å². The van der Waals surface area contributed by atoms with Crippen LogP contribution >= 0.6 is 0 Å². The highest BCUT2D eigenvalue weighted by Gasteiger charge is 2.26. The van der Waals surface area contributed by atoms with Crippen LogP contribution in [0.2, 0.25) is 0 Å². The molecule has 2 saturated heterocycles. The molecule has 0 aliphatic carbocycles. The summed E-state index contributed by atoms with van der Waals surface area (Å²) in [7, 11) is 0. The summed E-state index contributed by atoms with van der Waals surface area (Å²) in [5, 5.41) is 19.4. The van der Waals surface area contributed by atoms with Gasteiger partial charge >= 0.3 is 0 Å². The molecule has 9 heteroatoms. The van der Waals surface area contributed by atoms with E-state index in [0.717, 1.165) is 55.5 Å². The first-order chi connectivity index (χ1) is 19.5. The zero-order valence-corrected chi connectivity index (χ0v) is 22.8. The lowest BCUT2D eigenvalue weighted by molar-refractivity contribution is -0.141. The van der Waals surface area contributed by atoms with Crippen LogP contribution < -0.4 is 4.74 Å². The van der Waals surface area contributed by atoms with Crippen molar-refractivity contribution in [2.24, 2.45) is 0 Å². The summed E-state index contributed by atoms with van der Waals surface area (Å²) in [6.45, 7) is 6.99. The number of benzene rings is 2. The maximum absolute atomic E-state index is 12.0. The van der Waals surface area contributed by atoms with Gasteiger partial charge in [-0.3, -0.25) is 9.69 Å². The zero-order valence-electron chi connectivity index (χ0n) is 22.8. The third-order valence-electron chi connectivity index (χ3n) is 7.40. The maximum Gasteiger partial charge on any atom is 0.251 e. The smallest absolute Gasteiger partial charge is 0.251 e. The second-order valence-electron chi connectivity index (χ2n) is 10.4. The minimum atomic E-state index is -0.997. The predicted molar refractivity (Wildman–Crippen MR) is 149 cm³/mol. The Bertz CT molecular complexity index is 1340. The largest absolute Gasteiger partial charge is 0.489 e. The van der Waals surface area contributed by atoms with Crippen molar-refractivity contribution in [1.82, 2.24) is 19.8 Å². The standard InChI is InChI=1S/C31H35N5O4/c1-22(37)31(38)36-12-9-27(10-13-36)40-29-7-6-25(19-26(29)20-32)28-8-11-33-30(34-28)18-23-2-4-24(5-3-23)21-35-14-16-39-17-15-35/h2-8,11,19,22,27,37H,9-10,12-18,21H2,1H3/t22-/m0/s1. The van der Waals surface area contributed by atoms with Gasteiger partial charge in [0.2, 0.25) is 0 Å². The van der Waals surface area contributed by atoms with Gasteiger partial charge in [-0.25, -0.2) is 9.97 Å². The van der Waals surface area contributed by atoms with Crippen molar-refractivity contribution in [2.75, 3.05) is 39.4 Å². The second kappa shape index (κ2) is 13.0. The lowest BCUT2D eigenvalue weighted by atomic mass is 10.0. The van der Waals surface area contributed by atoms with Crippen LogP contribution in [0.25, 0.3) is 11.3 Å². The number of carbonyl (C=O) groups is 1. The highest BCUT2D eigenvalue weighted by Crippen LogP contribution is 2.28. The minimum absolute atomic E-state index is 0.0955. The molecule has 1 N–H and O–H groups in total. The molecule has 2 aliphatic rings. The molecule has 3 aromatic rings. The first kappa shape index (κ1) is 27.7. The van der Waals surface area contributed by atoms with Crippen LogP contribution in [-0.4, -0.2) is 82.4 Å². The van der Waals surface area contributed by atoms with Crippen LogP contribution in [0.1, 0.15) is 42.3 Å². The summed E-state index contributed by atoms with van der Waals surface area (Å²) in [6, 6.07) is 18.2.